The minimum Gasteiger partial charge on any atom is -0.496 e. The predicted octanol–water partition coefficient (Wildman–Crippen LogP) is 2.37. The molecule has 0 atom stereocenters. The van der Waals surface area contributed by atoms with Crippen molar-refractivity contribution in [2.24, 2.45) is 0 Å². The number of nitro benzene ring substituents is 1. The maximum absolute atomic E-state index is 10.8. The van der Waals surface area contributed by atoms with Gasteiger partial charge in [-0.05, 0) is 18.9 Å². The topological polar surface area (TPSA) is 90.2 Å². The summed E-state index contributed by atoms with van der Waals surface area (Å²) in [7, 11) is 1.49. The normalized spacial score (nSPS) is 14.1. The molecule has 0 saturated heterocycles. The molecule has 0 aliphatic heterocycles. The van der Waals surface area contributed by atoms with Crippen LogP contribution in [0.15, 0.2) is 18.2 Å². The highest BCUT2D eigenvalue weighted by Gasteiger charge is 2.21. The van der Waals surface area contributed by atoms with Crippen molar-refractivity contribution in [1.82, 2.24) is 15.5 Å². The monoisotopic (exact) mass is 306 g/mol. The van der Waals surface area contributed by atoms with Crippen LogP contribution < -0.4 is 10.1 Å². The molecule has 1 aliphatic rings. The van der Waals surface area contributed by atoms with Gasteiger partial charge in [0.05, 0.1) is 23.7 Å². The Hall–Kier alpha value is -2.06. The molecular weight excluding hydrogens is 292 g/mol. The van der Waals surface area contributed by atoms with Crippen molar-refractivity contribution in [3.63, 3.8) is 0 Å². The van der Waals surface area contributed by atoms with E-state index in [1.807, 2.05) is 0 Å². The Morgan fingerprint density at radius 3 is 2.95 bits per heavy atom. The van der Waals surface area contributed by atoms with Crippen LogP contribution in [0, 0.1) is 10.1 Å². The van der Waals surface area contributed by atoms with Crippen LogP contribution >= 0.6 is 11.3 Å². The minimum absolute atomic E-state index is 0.00395. The summed E-state index contributed by atoms with van der Waals surface area (Å²) in [4.78, 5) is 10.3. The number of hydrogen-bond donors (Lipinski definition) is 1. The van der Waals surface area contributed by atoms with E-state index in [0.717, 1.165) is 10.6 Å². The summed E-state index contributed by atoms with van der Waals surface area (Å²) in [5, 5.41) is 24.1. The number of nitro groups is 1. The van der Waals surface area contributed by atoms with Gasteiger partial charge in [-0.25, -0.2) is 0 Å². The van der Waals surface area contributed by atoms with E-state index in [2.05, 4.69) is 15.5 Å². The summed E-state index contributed by atoms with van der Waals surface area (Å²) >= 11 is 1.46. The maximum atomic E-state index is 10.8. The second kappa shape index (κ2) is 5.74. The van der Waals surface area contributed by atoms with Gasteiger partial charge in [0, 0.05) is 18.7 Å². The molecule has 1 aliphatic carbocycles. The Kier molecular flexibility index (Phi) is 3.80. The number of non-ortho nitro benzene ring substituents is 1. The number of rotatable bonds is 6. The third-order valence-electron chi connectivity index (χ3n) is 3.21. The van der Waals surface area contributed by atoms with E-state index in [4.69, 9.17) is 4.74 Å². The summed E-state index contributed by atoms with van der Waals surface area (Å²) in [6.07, 6.45) is 2.45. The summed E-state index contributed by atoms with van der Waals surface area (Å²) < 4.78 is 5.23. The molecule has 1 fully saturated rings. The second-order valence-corrected chi connectivity index (χ2v) is 5.86. The van der Waals surface area contributed by atoms with E-state index < -0.39 is 4.92 Å². The molecule has 21 heavy (non-hydrogen) atoms. The third kappa shape index (κ3) is 3.17. The van der Waals surface area contributed by atoms with Crippen molar-refractivity contribution in [2.75, 3.05) is 7.11 Å². The molecule has 1 saturated carbocycles. The van der Waals surface area contributed by atoms with Gasteiger partial charge in [-0.1, -0.05) is 11.3 Å². The molecule has 1 N–H and O–H groups in total. The number of nitrogens with one attached hydrogen (secondary N) is 1. The van der Waals surface area contributed by atoms with Crippen LogP contribution in [0.1, 0.15) is 17.8 Å². The summed E-state index contributed by atoms with van der Waals surface area (Å²) in [5.41, 5.74) is 0.717. The number of aromatic nitrogens is 2. The van der Waals surface area contributed by atoms with Gasteiger partial charge in [0.25, 0.3) is 5.69 Å². The van der Waals surface area contributed by atoms with Crippen LogP contribution in [-0.4, -0.2) is 28.3 Å². The van der Waals surface area contributed by atoms with E-state index in [1.54, 1.807) is 6.07 Å². The quantitative estimate of drug-likeness (QED) is 0.651. The van der Waals surface area contributed by atoms with Crippen LogP contribution in [-0.2, 0) is 6.54 Å². The summed E-state index contributed by atoms with van der Waals surface area (Å²) in [5.74, 6) is 0.432. The van der Waals surface area contributed by atoms with E-state index in [9.17, 15) is 10.1 Å². The largest absolute Gasteiger partial charge is 0.496 e. The lowest BCUT2D eigenvalue weighted by molar-refractivity contribution is -0.384. The molecule has 0 spiro atoms. The van der Waals surface area contributed by atoms with E-state index in [-0.39, 0.29) is 5.69 Å². The standard InChI is InChI=1S/C13H14N4O3S/c1-20-11-6-9(17(18)19)4-5-10(11)13-16-15-12(21-13)7-14-8-2-3-8/h4-6,8,14H,2-3,7H2,1H3. The lowest BCUT2D eigenvalue weighted by Crippen LogP contribution is -2.14. The smallest absolute Gasteiger partial charge is 0.273 e. The Morgan fingerprint density at radius 1 is 1.48 bits per heavy atom. The van der Waals surface area contributed by atoms with Crippen molar-refractivity contribution < 1.29 is 9.66 Å². The Morgan fingerprint density at radius 2 is 2.29 bits per heavy atom. The van der Waals surface area contributed by atoms with Crippen LogP contribution in [0.3, 0.4) is 0 Å². The fourth-order valence-electron chi connectivity index (χ4n) is 1.92. The molecule has 1 aromatic heterocycles. The average molecular weight is 306 g/mol. The van der Waals surface area contributed by atoms with Gasteiger partial charge in [0.15, 0.2) is 5.01 Å². The number of nitrogens with zero attached hydrogens (tertiary/aromatic N) is 3. The fraction of sp³-hybridized carbons (Fsp3) is 0.385. The van der Waals surface area contributed by atoms with Gasteiger partial charge in [-0.3, -0.25) is 10.1 Å². The lowest BCUT2D eigenvalue weighted by Gasteiger charge is -2.04. The van der Waals surface area contributed by atoms with Crippen molar-refractivity contribution in [2.45, 2.75) is 25.4 Å². The molecule has 110 valence electrons. The van der Waals surface area contributed by atoms with E-state index in [0.29, 0.717) is 23.3 Å². The van der Waals surface area contributed by atoms with Gasteiger partial charge >= 0.3 is 0 Å². The molecule has 2 aromatic rings. The van der Waals surface area contributed by atoms with Crippen LogP contribution in [0.2, 0.25) is 0 Å². The number of ether oxygens (including phenoxy) is 1. The highest BCUT2D eigenvalue weighted by molar-refractivity contribution is 7.14. The summed E-state index contributed by atoms with van der Waals surface area (Å²) in [6.45, 7) is 0.706. The third-order valence-corrected chi connectivity index (χ3v) is 4.17. The van der Waals surface area contributed by atoms with Crippen LogP contribution in [0.4, 0.5) is 5.69 Å². The van der Waals surface area contributed by atoms with Crippen molar-refractivity contribution in [3.05, 3.63) is 33.3 Å². The van der Waals surface area contributed by atoms with E-state index in [1.165, 1.54) is 43.4 Å². The minimum atomic E-state index is -0.447. The Bertz CT molecular complexity index is 669. The predicted molar refractivity (Wildman–Crippen MR) is 78.4 cm³/mol. The van der Waals surface area contributed by atoms with Gasteiger partial charge in [-0.2, -0.15) is 0 Å². The number of hydrogen-bond acceptors (Lipinski definition) is 7. The van der Waals surface area contributed by atoms with Gasteiger partial charge < -0.3 is 10.1 Å². The first-order valence-electron chi connectivity index (χ1n) is 6.56. The first-order valence-corrected chi connectivity index (χ1v) is 7.37. The van der Waals surface area contributed by atoms with Crippen molar-refractivity contribution >= 4 is 17.0 Å². The molecule has 0 bridgehead atoms. The van der Waals surface area contributed by atoms with Gasteiger partial charge in [0.1, 0.15) is 10.8 Å². The molecule has 0 unspecified atom stereocenters. The molecule has 8 heteroatoms. The summed E-state index contributed by atoms with van der Waals surface area (Å²) in [6, 6.07) is 5.11. The number of methoxy groups -OCH3 is 1. The zero-order chi connectivity index (χ0) is 14.8. The highest BCUT2D eigenvalue weighted by Crippen LogP contribution is 2.34. The first kappa shape index (κ1) is 13.9. The molecular formula is C13H14N4O3S. The highest BCUT2D eigenvalue weighted by atomic mass is 32.1. The van der Waals surface area contributed by atoms with Crippen LogP contribution in [0.5, 0.6) is 5.75 Å². The average Bonchev–Trinajstić information content (AvgIpc) is 3.21. The fourth-order valence-corrected chi connectivity index (χ4v) is 2.74. The second-order valence-electron chi connectivity index (χ2n) is 4.80. The number of benzene rings is 1. The molecule has 0 amide bonds. The van der Waals surface area contributed by atoms with Crippen molar-refractivity contribution in [1.29, 1.82) is 0 Å². The molecule has 0 radical (unpaired) electrons. The van der Waals surface area contributed by atoms with E-state index >= 15 is 0 Å². The lowest BCUT2D eigenvalue weighted by atomic mass is 10.2. The SMILES string of the molecule is COc1cc([N+](=O)[O-])ccc1-c1nnc(CNC2CC2)s1. The molecule has 1 heterocycles. The van der Waals surface area contributed by atoms with Gasteiger partial charge in [0.2, 0.25) is 0 Å². The van der Waals surface area contributed by atoms with Crippen molar-refractivity contribution in [3.8, 4) is 16.3 Å². The first-order chi connectivity index (χ1) is 10.2. The molecule has 1 aromatic carbocycles. The molecule has 3 rings (SSSR count). The zero-order valence-corrected chi connectivity index (χ0v) is 12.2. The van der Waals surface area contributed by atoms with Crippen LogP contribution in [0.25, 0.3) is 10.6 Å². The molecule has 7 nitrogen and oxygen atoms in total. The zero-order valence-electron chi connectivity index (χ0n) is 11.4. The van der Waals surface area contributed by atoms with Gasteiger partial charge in [-0.15, -0.1) is 10.2 Å². The maximum Gasteiger partial charge on any atom is 0.273 e. The Labute approximate surface area is 125 Å². The Balaban J connectivity index is 1.83.